The molecule has 1 aliphatic rings. The van der Waals surface area contributed by atoms with E-state index in [0.717, 1.165) is 18.0 Å². The van der Waals surface area contributed by atoms with Gasteiger partial charge in [-0.1, -0.05) is 0 Å². The van der Waals surface area contributed by atoms with Crippen LogP contribution in [0, 0.1) is 0 Å². The second-order valence-corrected chi connectivity index (χ2v) is 4.99. The number of hydrogen-bond donors (Lipinski definition) is 1. The Labute approximate surface area is 98.3 Å². The predicted octanol–water partition coefficient (Wildman–Crippen LogP) is 2.37. The van der Waals surface area contributed by atoms with Crippen molar-refractivity contribution in [1.29, 1.82) is 0 Å². The summed E-state index contributed by atoms with van der Waals surface area (Å²) < 4.78 is 1.99. The summed E-state index contributed by atoms with van der Waals surface area (Å²) in [7, 11) is 2.02. The molecule has 5 heteroatoms. The number of nitrogens with zero attached hydrogens (tertiary/aromatic N) is 3. The van der Waals surface area contributed by atoms with Crippen molar-refractivity contribution in [3.8, 4) is 0 Å². The van der Waals surface area contributed by atoms with E-state index < -0.39 is 0 Å². The monoisotopic (exact) mass is 234 g/mol. The van der Waals surface area contributed by atoms with E-state index >= 15 is 0 Å². The number of nitrogens with one attached hydrogen (secondary N) is 1. The van der Waals surface area contributed by atoms with Crippen molar-refractivity contribution in [3.63, 3.8) is 0 Å². The van der Waals surface area contributed by atoms with Crippen LogP contribution in [0.25, 0.3) is 0 Å². The smallest absolute Gasteiger partial charge is 0.183 e. The SMILES string of the molecule is Cn1ncc2c1CCCC2Nc1nccs1. The Balaban J connectivity index is 1.87. The maximum Gasteiger partial charge on any atom is 0.183 e. The zero-order valence-electron chi connectivity index (χ0n) is 9.18. The van der Waals surface area contributed by atoms with Gasteiger partial charge in [0.2, 0.25) is 0 Å². The van der Waals surface area contributed by atoms with E-state index in [9.17, 15) is 0 Å². The van der Waals surface area contributed by atoms with Gasteiger partial charge in [0, 0.05) is 29.9 Å². The summed E-state index contributed by atoms with van der Waals surface area (Å²) in [6.07, 6.45) is 7.34. The molecule has 2 aromatic heterocycles. The van der Waals surface area contributed by atoms with Gasteiger partial charge in [0.15, 0.2) is 5.13 Å². The summed E-state index contributed by atoms with van der Waals surface area (Å²) in [5, 5.41) is 10.8. The predicted molar refractivity (Wildman–Crippen MR) is 64.6 cm³/mol. The number of anilines is 1. The standard InChI is InChI=1S/C11H14N4S/c1-15-10-4-2-3-9(8(10)7-13-15)14-11-12-5-6-16-11/h5-7,9H,2-4H2,1H3,(H,12,14). The molecule has 3 rings (SSSR count). The second kappa shape index (κ2) is 3.90. The van der Waals surface area contributed by atoms with Gasteiger partial charge >= 0.3 is 0 Å². The van der Waals surface area contributed by atoms with E-state index in [2.05, 4.69) is 15.4 Å². The normalized spacial score (nSPS) is 19.4. The maximum atomic E-state index is 4.34. The molecule has 0 radical (unpaired) electrons. The number of thiazole rings is 1. The molecule has 0 saturated heterocycles. The van der Waals surface area contributed by atoms with Crippen molar-refractivity contribution in [2.75, 3.05) is 5.32 Å². The highest BCUT2D eigenvalue weighted by molar-refractivity contribution is 7.13. The highest BCUT2D eigenvalue weighted by Crippen LogP contribution is 2.32. The lowest BCUT2D eigenvalue weighted by Crippen LogP contribution is -2.17. The van der Waals surface area contributed by atoms with Gasteiger partial charge in [-0.05, 0) is 19.3 Å². The van der Waals surface area contributed by atoms with Gasteiger partial charge in [0.25, 0.3) is 0 Å². The molecular weight excluding hydrogens is 220 g/mol. The van der Waals surface area contributed by atoms with Crippen LogP contribution in [0.2, 0.25) is 0 Å². The third-order valence-electron chi connectivity index (χ3n) is 3.11. The molecule has 0 aromatic carbocycles. The minimum Gasteiger partial charge on any atom is -0.355 e. The Morgan fingerprint density at radius 3 is 3.31 bits per heavy atom. The summed E-state index contributed by atoms with van der Waals surface area (Å²) >= 11 is 1.65. The average molecular weight is 234 g/mol. The summed E-state index contributed by atoms with van der Waals surface area (Å²) in [5.41, 5.74) is 2.70. The zero-order chi connectivity index (χ0) is 11.0. The molecule has 1 atom stereocenters. The van der Waals surface area contributed by atoms with E-state index in [1.807, 2.05) is 29.5 Å². The lowest BCUT2D eigenvalue weighted by Gasteiger charge is -2.23. The van der Waals surface area contributed by atoms with Gasteiger partial charge in [-0.15, -0.1) is 11.3 Å². The molecule has 2 heterocycles. The molecule has 1 unspecified atom stereocenters. The summed E-state index contributed by atoms with van der Waals surface area (Å²) in [4.78, 5) is 4.27. The Bertz CT molecular complexity index is 474. The largest absolute Gasteiger partial charge is 0.355 e. The Morgan fingerprint density at radius 1 is 1.56 bits per heavy atom. The summed E-state index contributed by atoms with van der Waals surface area (Å²) in [5.74, 6) is 0. The van der Waals surface area contributed by atoms with Crippen LogP contribution >= 0.6 is 11.3 Å². The van der Waals surface area contributed by atoms with Crippen LogP contribution in [-0.4, -0.2) is 14.8 Å². The Hall–Kier alpha value is -1.36. The fourth-order valence-electron chi connectivity index (χ4n) is 2.30. The molecule has 16 heavy (non-hydrogen) atoms. The van der Waals surface area contributed by atoms with Crippen LogP contribution in [0.5, 0.6) is 0 Å². The van der Waals surface area contributed by atoms with Crippen LogP contribution in [0.15, 0.2) is 17.8 Å². The van der Waals surface area contributed by atoms with Crippen LogP contribution in [0.1, 0.15) is 30.1 Å². The molecule has 2 aromatic rings. The third kappa shape index (κ3) is 1.61. The Morgan fingerprint density at radius 2 is 2.50 bits per heavy atom. The lowest BCUT2D eigenvalue weighted by molar-refractivity contribution is 0.571. The number of fused-ring (bicyclic) bond motifs is 1. The van der Waals surface area contributed by atoms with Gasteiger partial charge < -0.3 is 5.32 Å². The molecular formula is C11H14N4S. The first-order chi connectivity index (χ1) is 7.84. The second-order valence-electron chi connectivity index (χ2n) is 4.10. The van der Waals surface area contributed by atoms with Crippen molar-refractivity contribution in [2.45, 2.75) is 25.3 Å². The molecule has 0 spiro atoms. The Kier molecular flexibility index (Phi) is 2.40. The van der Waals surface area contributed by atoms with E-state index in [0.29, 0.717) is 6.04 Å². The zero-order valence-corrected chi connectivity index (χ0v) is 10.00. The van der Waals surface area contributed by atoms with Crippen LogP contribution < -0.4 is 5.32 Å². The number of aryl methyl sites for hydroxylation is 1. The van der Waals surface area contributed by atoms with Gasteiger partial charge in [-0.25, -0.2) is 4.98 Å². The van der Waals surface area contributed by atoms with E-state index in [1.165, 1.54) is 17.7 Å². The van der Waals surface area contributed by atoms with Crippen molar-refractivity contribution < 1.29 is 0 Å². The molecule has 4 nitrogen and oxygen atoms in total. The fraction of sp³-hybridized carbons (Fsp3) is 0.455. The maximum absolute atomic E-state index is 4.34. The quantitative estimate of drug-likeness (QED) is 0.867. The van der Waals surface area contributed by atoms with Gasteiger partial charge in [0.1, 0.15) is 0 Å². The summed E-state index contributed by atoms with van der Waals surface area (Å²) in [6.45, 7) is 0. The average Bonchev–Trinajstić information content (AvgIpc) is 2.90. The number of aromatic nitrogens is 3. The molecule has 0 amide bonds. The van der Waals surface area contributed by atoms with E-state index in [1.54, 1.807) is 11.3 Å². The first-order valence-corrected chi connectivity index (χ1v) is 6.39. The molecule has 0 bridgehead atoms. The molecule has 84 valence electrons. The van der Waals surface area contributed by atoms with Crippen molar-refractivity contribution in [1.82, 2.24) is 14.8 Å². The molecule has 0 fully saturated rings. The van der Waals surface area contributed by atoms with Gasteiger partial charge in [-0.3, -0.25) is 4.68 Å². The summed E-state index contributed by atoms with van der Waals surface area (Å²) in [6, 6.07) is 0.378. The topological polar surface area (TPSA) is 42.7 Å². The minimum atomic E-state index is 0.378. The van der Waals surface area contributed by atoms with Crippen molar-refractivity contribution in [2.24, 2.45) is 7.05 Å². The van der Waals surface area contributed by atoms with Crippen LogP contribution in [0.3, 0.4) is 0 Å². The third-order valence-corrected chi connectivity index (χ3v) is 3.81. The van der Waals surface area contributed by atoms with Crippen LogP contribution in [0.4, 0.5) is 5.13 Å². The highest BCUT2D eigenvalue weighted by Gasteiger charge is 2.23. The van der Waals surface area contributed by atoms with Crippen LogP contribution in [-0.2, 0) is 13.5 Å². The molecule has 0 saturated carbocycles. The first kappa shape index (κ1) is 9.84. The number of rotatable bonds is 2. The first-order valence-electron chi connectivity index (χ1n) is 5.51. The van der Waals surface area contributed by atoms with Gasteiger partial charge in [-0.2, -0.15) is 5.10 Å². The van der Waals surface area contributed by atoms with E-state index in [4.69, 9.17) is 0 Å². The lowest BCUT2D eigenvalue weighted by atomic mass is 9.93. The molecule has 1 N–H and O–H groups in total. The molecule has 0 aliphatic heterocycles. The number of hydrogen-bond acceptors (Lipinski definition) is 4. The highest BCUT2D eigenvalue weighted by atomic mass is 32.1. The molecule has 1 aliphatic carbocycles. The minimum absolute atomic E-state index is 0.378. The van der Waals surface area contributed by atoms with Gasteiger partial charge in [0.05, 0.1) is 12.2 Å². The van der Waals surface area contributed by atoms with Crippen molar-refractivity contribution in [3.05, 3.63) is 29.0 Å². The van der Waals surface area contributed by atoms with Crippen molar-refractivity contribution >= 4 is 16.5 Å². The fourth-order valence-corrected chi connectivity index (χ4v) is 2.88. The van der Waals surface area contributed by atoms with E-state index in [-0.39, 0.29) is 0 Å².